The number of hydrogen-bond donors (Lipinski definition) is 3. The molecule has 2 rings (SSSR count). The molecule has 20 heavy (non-hydrogen) atoms. The molecule has 1 aromatic heterocycles. The third-order valence-corrected chi connectivity index (χ3v) is 5.46. The maximum atomic E-state index is 12.5. The molecule has 0 spiro atoms. The fourth-order valence-corrected chi connectivity index (χ4v) is 4.32. The molecule has 1 aliphatic carbocycles. The first kappa shape index (κ1) is 15.2. The van der Waals surface area contributed by atoms with Crippen LogP contribution in [0, 0.1) is 11.8 Å². The molecule has 7 heteroatoms. The van der Waals surface area contributed by atoms with Gasteiger partial charge in [-0.2, -0.15) is 0 Å². The number of aromatic nitrogens is 1. The Morgan fingerprint density at radius 2 is 2.10 bits per heavy atom. The number of anilines is 1. The van der Waals surface area contributed by atoms with Gasteiger partial charge in [-0.3, -0.25) is 0 Å². The number of nitrogen functional groups attached to an aromatic ring is 1. The van der Waals surface area contributed by atoms with Crippen LogP contribution in [0.5, 0.6) is 0 Å². The molecule has 0 radical (unpaired) electrons. The van der Waals surface area contributed by atoms with Crippen molar-refractivity contribution in [3.8, 4) is 0 Å². The Hall–Kier alpha value is -1.18. The molecule has 6 nitrogen and oxygen atoms in total. The average Bonchev–Trinajstić information content (AvgIpc) is 2.42. The number of nitrogens with two attached hydrogens (primary N) is 1. The first-order valence-corrected chi connectivity index (χ1v) is 8.36. The molecule has 4 N–H and O–H groups in total. The summed E-state index contributed by atoms with van der Waals surface area (Å²) >= 11 is 0. The maximum Gasteiger partial charge on any atom is 0.244 e. The van der Waals surface area contributed by atoms with Gasteiger partial charge in [-0.05, 0) is 43.2 Å². The number of rotatable bonds is 4. The van der Waals surface area contributed by atoms with Gasteiger partial charge in [0.15, 0.2) is 5.82 Å². The van der Waals surface area contributed by atoms with E-state index in [0.717, 1.165) is 19.3 Å². The van der Waals surface area contributed by atoms with Crippen molar-refractivity contribution in [1.29, 1.82) is 0 Å². The molecule has 0 bridgehead atoms. The lowest BCUT2D eigenvalue weighted by molar-refractivity contribution is 0.249. The smallest absolute Gasteiger partial charge is 0.244 e. The molecule has 3 unspecified atom stereocenters. The lowest BCUT2D eigenvalue weighted by atomic mass is 9.80. The van der Waals surface area contributed by atoms with Crippen LogP contribution in [0.15, 0.2) is 23.2 Å². The third-order valence-electron chi connectivity index (χ3n) is 3.93. The van der Waals surface area contributed by atoms with Crippen LogP contribution < -0.4 is 16.0 Å². The SMILES string of the molecule is CC1CCC(NS(=O)(=O)c2cccnc2NN)C(C)C1. The van der Waals surface area contributed by atoms with E-state index in [4.69, 9.17) is 5.84 Å². The minimum absolute atomic E-state index is 0.0259. The number of pyridine rings is 1. The van der Waals surface area contributed by atoms with E-state index in [0.29, 0.717) is 11.8 Å². The lowest BCUT2D eigenvalue weighted by Gasteiger charge is -2.32. The summed E-state index contributed by atoms with van der Waals surface area (Å²) < 4.78 is 27.7. The number of nitrogens with zero attached hydrogens (tertiary/aromatic N) is 1. The van der Waals surface area contributed by atoms with Gasteiger partial charge < -0.3 is 5.43 Å². The first-order chi connectivity index (χ1) is 9.44. The van der Waals surface area contributed by atoms with E-state index in [2.05, 4.69) is 29.0 Å². The molecule has 1 aromatic rings. The van der Waals surface area contributed by atoms with E-state index in [1.54, 1.807) is 6.07 Å². The second kappa shape index (κ2) is 6.07. The van der Waals surface area contributed by atoms with E-state index in [1.807, 2.05) is 0 Å². The van der Waals surface area contributed by atoms with Crippen molar-refractivity contribution in [2.45, 2.75) is 44.0 Å². The van der Waals surface area contributed by atoms with Crippen molar-refractivity contribution in [3.05, 3.63) is 18.3 Å². The van der Waals surface area contributed by atoms with Crippen LogP contribution in [0.25, 0.3) is 0 Å². The zero-order valence-electron chi connectivity index (χ0n) is 11.8. The molecule has 3 atom stereocenters. The largest absolute Gasteiger partial charge is 0.307 e. The van der Waals surface area contributed by atoms with Gasteiger partial charge in [-0.15, -0.1) is 0 Å². The predicted molar refractivity (Wildman–Crippen MR) is 78.3 cm³/mol. The van der Waals surface area contributed by atoms with Crippen LogP contribution >= 0.6 is 0 Å². The first-order valence-electron chi connectivity index (χ1n) is 6.88. The second-order valence-corrected chi connectivity index (χ2v) is 7.30. The summed E-state index contributed by atoms with van der Waals surface area (Å²) in [6.45, 7) is 4.30. The maximum absolute atomic E-state index is 12.5. The van der Waals surface area contributed by atoms with Crippen LogP contribution in [-0.2, 0) is 10.0 Å². The van der Waals surface area contributed by atoms with Crippen LogP contribution in [0.4, 0.5) is 5.82 Å². The molecule has 1 saturated carbocycles. The van der Waals surface area contributed by atoms with Crippen molar-refractivity contribution >= 4 is 15.8 Å². The molecule has 112 valence electrons. The van der Waals surface area contributed by atoms with Gasteiger partial charge in [0.25, 0.3) is 0 Å². The van der Waals surface area contributed by atoms with Crippen molar-refractivity contribution < 1.29 is 8.42 Å². The highest BCUT2D eigenvalue weighted by Crippen LogP contribution is 2.30. The van der Waals surface area contributed by atoms with E-state index < -0.39 is 10.0 Å². The summed E-state index contributed by atoms with van der Waals surface area (Å²) in [5.74, 6) is 6.48. The Balaban J connectivity index is 2.19. The monoisotopic (exact) mass is 298 g/mol. The lowest BCUT2D eigenvalue weighted by Crippen LogP contribution is -2.42. The van der Waals surface area contributed by atoms with Gasteiger partial charge in [-0.1, -0.05) is 13.8 Å². The fraction of sp³-hybridized carbons (Fsp3) is 0.615. The molecule has 0 aromatic carbocycles. The number of sulfonamides is 1. The molecule has 0 saturated heterocycles. The summed E-state index contributed by atoms with van der Waals surface area (Å²) in [6, 6.07) is 3.06. The Labute approximate surface area is 120 Å². The van der Waals surface area contributed by atoms with Crippen LogP contribution in [-0.4, -0.2) is 19.4 Å². The van der Waals surface area contributed by atoms with E-state index in [-0.39, 0.29) is 16.8 Å². The minimum atomic E-state index is -3.61. The average molecular weight is 298 g/mol. The summed E-state index contributed by atoms with van der Waals surface area (Å²) in [5, 5.41) is 0. The van der Waals surface area contributed by atoms with Gasteiger partial charge in [0, 0.05) is 12.2 Å². The van der Waals surface area contributed by atoms with E-state index in [9.17, 15) is 8.42 Å². The highest BCUT2D eigenvalue weighted by atomic mass is 32.2. The zero-order chi connectivity index (χ0) is 14.8. The Morgan fingerprint density at radius 3 is 2.75 bits per heavy atom. The number of hydrazine groups is 1. The predicted octanol–water partition coefficient (Wildman–Crippen LogP) is 1.47. The molecule has 1 fully saturated rings. The molecule has 1 heterocycles. The topological polar surface area (TPSA) is 97.1 Å². The summed E-state index contributed by atoms with van der Waals surface area (Å²) in [5.41, 5.74) is 2.33. The van der Waals surface area contributed by atoms with Gasteiger partial charge in [0.1, 0.15) is 4.90 Å². The van der Waals surface area contributed by atoms with Crippen LogP contribution in [0.2, 0.25) is 0 Å². The van der Waals surface area contributed by atoms with Gasteiger partial charge in [0.2, 0.25) is 10.0 Å². The van der Waals surface area contributed by atoms with Crippen molar-refractivity contribution in [3.63, 3.8) is 0 Å². The molecular formula is C13H22N4O2S. The molecular weight excluding hydrogens is 276 g/mol. The Morgan fingerprint density at radius 1 is 1.35 bits per heavy atom. The Bertz CT molecular complexity index is 561. The summed E-state index contributed by atoms with van der Waals surface area (Å²) in [7, 11) is -3.61. The highest BCUT2D eigenvalue weighted by Gasteiger charge is 2.30. The molecule has 0 amide bonds. The number of nitrogens with one attached hydrogen (secondary N) is 2. The molecule has 1 aliphatic rings. The van der Waals surface area contributed by atoms with Crippen LogP contribution in [0.1, 0.15) is 33.1 Å². The standard InChI is InChI=1S/C13H22N4O2S/c1-9-5-6-11(10(2)8-9)17-20(18,19)12-4-3-7-15-13(12)16-14/h3-4,7,9-11,17H,5-6,8,14H2,1-2H3,(H,15,16). The fourth-order valence-electron chi connectivity index (χ4n) is 2.82. The quantitative estimate of drug-likeness (QED) is 0.578. The summed E-state index contributed by atoms with van der Waals surface area (Å²) in [6.07, 6.45) is 4.46. The minimum Gasteiger partial charge on any atom is -0.307 e. The highest BCUT2D eigenvalue weighted by molar-refractivity contribution is 7.89. The third kappa shape index (κ3) is 3.28. The second-order valence-electron chi connectivity index (χ2n) is 5.62. The number of hydrogen-bond acceptors (Lipinski definition) is 5. The van der Waals surface area contributed by atoms with Gasteiger partial charge in [-0.25, -0.2) is 24.0 Å². The van der Waals surface area contributed by atoms with Gasteiger partial charge >= 0.3 is 0 Å². The molecule has 0 aliphatic heterocycles. The normalized spacial score (nSPS) is 27.2. The Kier molecular flexibility index (Phi) is 4.62. The van der Waals surface area contributed by atoms with Crippen molar-refractivity contribution in [2.24, 2.45) is 17.7 Å². The van der Waals surface area contributed by atoms with Crippen molar-refractivity contribution in [1.82, 2.24) is 9.71 Å². The van der Waals surface area contributed by atoms with Crippen LogP contribution in [0.3, 0.4) is 0 Å². The zero-order valence-corrected chi connectivity index (χ0v) is 12.7. The van der Waals surface area contributed by atoms with E-state index in [1.165, 1.54) is 12.3 Å². The summed E-state index contributed by atoms with van der Waals surface area (Å²) in [4.78, 5) is 4.02. The van der Waals surface area contributed by atoms with Gasteiger partial charge in [0.05, 0.1) is 0 Å². The van der Waals surface area contributed by atoms with Crippen molar-refractivity contribution in [2.75, 3.05) is 5.43 Å². The van der Waals surface area contributed by atoms with E-state index >= 15 is 0 Å².